The second-order valence-corrected chi connectivity index (χ2v) is 3.48. The largest absolute Gasteiger partial charge is 0.341 e. The van der Waals surface area contributed by atoms with Crippen molar-refractivity contribution in [3.63, 3.8) is 0 Å². The zero-order chi connectivity index (χ0) is 9.10. The first-order valence-corrected chi connectivity index (χ1v) is 4.70. The summed E-state index contributed by atoms with van der Waals surface area (Å²) >= 11 is 0. The maximum absolute atomic E-state index is 5.61. The molecule has 0 atom stereocenters. The Labute approximate surface area is 77.3 Å². The molecule has 0 saturated carbocycles. The van der Waals surface area contributed by atoms with Crippen LogP contribution in [0.1, 0.15) is 12.8 Å². The third-order valence-electron chi connectivity index (χ3n) is 2.65. The summed E-state index contributed by atoms with van der Waals surface area (Å²) in [6, 6.07) is 0. The van der Waals surface area contributed by atoms with Gasteiger partial charge < -0.3 is 10.6 Å². The molecule has 72 valence electrons. The predicted molar refractivity (Wildman–Crippen MR) is 50.4 cm³/mol. The summed E-state index contributed by atoms with van der Waals surface area (Å²) in [6.45, 7) is 2.89. The topological polar surface area (TPSA) is 70.8 Å². The second kappa shape index (κ2) is 3.74. The van der Waals surface area contributed by atoms with Crippen molar-refractivity contribution in [2.45, 2.75) is 12.8 Å². The highest BCUT2D eigenvalue weighted by molar-refractivity contribution is 5.27. The lowest BCUT2D eigenvalue weighted by molar-refractivity contribution is 0.411. The fraction of sp³-hybridized carbons (Fsp3) is 0.750. The molecule has 5 heteroatoms. The van der Waals surface area contributed by atoms with Crippen molar-refractivity contribution in [2.24, 2.45) is 11.7 Å². The Morgan fingerprint density at radius 1 is 1.54 bits per heavy atom. The first-order valence-electron chi connectivity index (χ1n) is 4.70. The molecule has 0 unspecified atom stereocenters. The van der Waals surface area contributed by atoms with Crippen LogP contribution in [0.2, 0.25) is 0 Å². The fourth-order valence-corrected chi connectivity index (χ4v) is 1.73. The molecule has 1 aromatic rings. The lowest BCUT2D eigenvalue weighted by atomic mass is 9.97. The van der Waals surface area contributed by atoms with Crippen LogP contribution in [0.4, 0.5) is 5.95 Å². The quantitative estimate of drug-likeness (QED) is 0.672. The molecule has 0 aliphatic carbocycles. The van der Waals surface area contributed by atoms with Crippen LogP contribution in [0.25, 0.3) is 0 Å². The first kappa shape index (κ1) is 8.50. The number of aromatic amines is 1. The number of H-pyrrole nitrogens is 1. The van der Waals surface area contributed by atoms with E-state index in [2.05, 4.69) is 20.1 Å². The molecule has 0 radical (unpaired) electrons. The molecule has 1 aliphatic rings. The van der Waals surface area contributed by atoms with Crippen molar-refractivity contribution in [2.75, 3.05) is 24.5 Å². The van der Waals surface area contributed by atoms with Crippen LogP contribution in [-0.4, -0.2) is 34.8 Å². The normalized spacial score (nSPS) is 19.3. The lowest BCUT2D eigenvalue weighted by Gasteiger charge is -2.30. The summed E-state index contributed by atoms with van der Waals surface area (Å²) in [4.78, 5) is 6.34. The molecule has 5 nitrogen and oxygen atoms in total. The van der Waals surface area contributed by atoms with Gasteiger partial charge in [0, 0.05) is 13.1 Å². The minimum atomic E-state index is 0.694. The van der Waals surface area contributed by atoms with Crippen LogP contribution >= 0.6 is 0 Å². The standard InChI is InChI=1S/C8H15N5/c9-5-7-1-3-13(4-2-7)8-10-6-11-12-8/h6-7H,1-5,9H2,(H,10,11,12). The van der Waals surface area contributed by atoms with Crippen molar-refractivity contribution in [3.8, 4) is 0 Å². The minimum absolute atomic E-state index is 0.694. The molecule has 2 heterocycles. The number of nitrogens with two attached hydrogens (primary N) is 1. The van der Waals surface area contributed by atoms with E-state index in [1.165, 1.54) is 0 Å². The van der Waals surface area contributed by atoms with Crippen molar-refractivity contribution < 1.29 is 0 Å². The van der Waals surface area contributed by atoms with Crippen molar-refractivity contribution in [1.82, 2.24) is 15.2 Å². The van der Waals surface area contributed by atoms with E-state index < -0.39 is 0 Å². The van der Waals surface area contributed by atoms with Crippen molar-refractivity contribution >= 4 is 5.95 Å². The van der Waals surface area contributed by atoms with E-state index in [1.807, 2.05) is 0 Å². The predicted octanol–water partition coefficient (Wildman–Crippen LogP) is -0.0202. The van der Waals surface area contributed by atoms with Gasteiger partial charge in [-0.3, -0.25) is 0 Å². The zero-order valence-corrected chi connectivity index (χ0v) is 7.61. The molecular formula is C8H15N5. The second-order valence-electron chi connectivity index (χ2n) is 3.48. The summed E-state index contributed by atoms with van der Waals surface area (Å²) < 4.78 is 0. The van der Waals surface area contributed by atoms with Gasteiger partial charge in [-0.15, -0.1) is 0 Å². The number of nitrogens with zero attached hydrogens (tertiary/aromatic N) is 3. The number of aromatic nitrogens is 3. The van der Waals surface area contributed by atoms with Gasteiger partial charge in [0.1, 0.15) is 6.33 Å². The third-order valence-corrected chi connectivity index (χ3v) is 2.65. The van der Waals surface area contributed by atoms with Crippen LogP contribution in [0.5, 0.6) is 0 Å². The van der Waals surface area contributed by atoms with Gasteiger partial charge in [0.2, 0.25) is 5.95 Å². The molecule has 1 aromatic heterocycles. The summed E-state index contributed by atoms with van der Waals surface area (Å²) in [7, 11) is 0. The average Bonchev–Trinajstić information content (AvgIpc) is 2.71. The summed E-state index contributed by atoms with van der Waals surface area (Å²) in [5.41, 5.74) is 5.61. The molecule has 0 amide bonds. The van der Waals surface area contributed by atoms with E-state index in [9.17, 15) is 0 Å². The Bertz CT molecular complexity index is 237. The van der Waals surface area contributed by atoms with Crippen LogP contribution in [0, 0.1) is 5.92 Å². The van der Waals surface area contributed by atoms with Crippen molar-refractivity contribution in [3.05, 3.63) is 6.33 Å². The lowest BCUT2D eigenvalue weighted by Crippen LogP contribution is -2.36. The van der Waals surface area contributed by atoms with E-state index >= 15 is 0 Å². The number of hydrogen-bond acceptors (Lipinski definition) is 4. The third kappa shape index (κ3) is 1.80. The number of anilines is 1. The highest BCUT2D eigenvalue weighted by Crippen LogP contribution is 2.18. The minimum Gasteiger partial charge on any atom is -0.341 e. The van der Waals surface area contributed by atoms with Gasteiger partial charge in [-0.2, -0.15) is 10.1 Å². The molecular weight excluding hydrogens is 166 g/mol. The molecule has 1 fully saturated rings. The van der Waals surface area contributed by atoms with E-state index in [0.29, 0.717) is 5.92 Å². The van der Waals surface area contributed by atoms with E-state index in [1.54, 1.807) is 6.33 Å². The summed E-state index contributed by atoms with van der Waals surface area (Å²) in [5, 5.41) is 6.71. The summed E-state index contributed by atoms with van der Waals surface area (Å²) in [6.07, 6.45) is 3.87. The van der Waals surface area contributed by atoms with Gasteiger partial charge in [-0.1, -0.05) is 0 Å². The number of rotatable bonds is 2. The van der Waals surface area contributed by atoms with E-state index in [0.717, 1.165) is 38.4 Å². The van der Waals surface area contributed by atoms with Crippen LogP contribution in [0.15, 0.2) is 6.33 Å². The zero-order valence-electron chi connectivity index (χ0n) is 7.61. The fourth-order valence-electron chi connectivity index (χ4n) is 1.73. The molecule has 13 heavy (non-hydrogen) atoms. The van der Waals surface area contributed by atoms with Gasteiger partial charge in [0.25, 0.3) is 0 Å². The van der Waals surface area contributed by atoms with Crippen LogP contribution in [-0.2, 0) is 0 Å². The Hall–Kier alpha value is -1.10. The number of nitrogens with one attached hydrogen (secondary N) is 1. The number of hydrogen-bond donors (Lipinski definition) is 2. The molecule has 0 spiro atoms. The van der Waals surface area contributed by atoms with Gasteiger partial charge >= 0.3 is 0 Å². The Morgan fingerprint density at radius 2 is 2.31 bits per heavy atom. The van der Waals surface area contributed by atoms with E-state index in [4.69, 9.17) is 5.73 Å². The van der Waals surface area contributed by atoms with Gasteiger partial charge in [0.15, 0.2) is 0 Å². The average molecular weight is 181 g/mol. The SMILES string of the molecule is NCC1CCN(c2ncn[nH]2)CC1. The van der Waals surface area contributed by atoms with E-state index in [-0.39, 0.29) is 0 Å². The molecule has 2 rings (SSSR count). The van der Waals surface area contributed by atoms with Crippen LogP contribution in [0.3, 0.4) is 0 Å². The molecule has 0 aromatic carbocycles. The van der Waals surface area contributed by atoms with Crippen LogP contribution < -0.4 is 10.6 Å². The highest BCUT2D eigenvalue weighted by atomic mass is 15.3. The maximum Gasteiger partial charge on any atom is 0.221 e. The molecule has 3 N–H and O–H groups in total. The van der Waals surface area contributed by atoms with Crippen molar-refractivity contribution in [1.29, 1.82) is 0 Å². The maximum atomic E-state index is 5.61. The van der Waals surface area contributed by atoms with Gasteiger partial charge in [-0.25, -0.2) is 5.10 Å². The smallest absolute Gasteiger partial charge is 0.221 e. The molecule has 1 aliphatic heterocycles. The number of piperidine rings is 1. The van der Waals surface area contributed by atoms with Gasteiger partial charge in [0.05, 0.1) is 0 Å². The Morgan fingerprint density at radius 3 is 2.85 bits per heavy atom. The first-order chi connectivity index (χ1) is 6.40. The molecule has 1 saturated heterocycles. The monoisotopic (exact) mass is 181 g/mol. The highest BCUT2D eigenvalue weighted by Gasteiger charge is 2.19. The van der Waals surface area contributed by atoms with Gasteiger partial charge in [-0.05, 0) is 25.3 Å². The Balaban J connectivity index is 1.92. The molecule has 0 bridgehead atoms. The Kier molecular flexibility index (Phi) is 2.44. The summed E-state index contributed by atoms with van der Waals surface area (Å²) in [5.74, 6) is 1.58.